The van der Waals surface area contributed by atoms with E-state index in [1.54, 1.807) is 0 Å². The predicted molar refractivity (Wildman–Crippen MR) is 85.2 cm³/mol. The van der Waals surface area contributed by atoms with Crippen LogP contribution in [0.25, 0.3) is 5.57 Å². The summed E-state index contributed by atoms with van der Waals surface area (Å²) in [6.07, 6.45) is 25.3. The van der Waals surface area contributed by atoms with Gasteiger partial charge in [0.2, 0.25) is 0 Å². The van der Waals surface area contributed by atoms with E-state index < -0.39 is 0 Å². The molecule has 3 rings (SSSR count). The maximum Gasteiger partial charge on any atom is 2.00 e. The molecular weight excluding hydrogens is 296 g/mol. The van der Waals surface area contributed by atoms with Crippen LogP contribution in [0, 0.1) is 76.0 Å². The predicted octanol–water partition coefficient (Wildman–Crippen LogP) is 4.13. The molecule has 0 saturated heterocycles. The van der Waals surface area contributed by atoms with Crippen molar-refractivity contribution in [2.45, 2.75) is 0 Å². The van der Waals surface area contributed by atoms with Crippen LogP contribution in [0.4, 0.5) is 0 Å². The van der Waals surface area contributed by atoms with Crippen LogP contribution >= 0.6 is 0 Å². The van der Waals surface area contributed by atoms with Crippen molar-refractivity contribution < 1.29 is 17.1 Å². The summed E-state index contributed by atoms with van der Waals surface area (Å²) >= 11 is 0. The molecule has 0 bridgehead atoms. The van der Waals surface area contributed by atoms with Gasteiger partial charge in [0, 0.05) is 5.92 Å². The van der Waals surface area contributed by atoms with Crippen molar-refractivity contribution in [1.82, 2.24) is 0 Å². The third kappa shape index (κ3) is 6.13. The van der Waals surface area contributed by atoms with E-state index in [0.717, 1.165) is 11.1 Å². The molecule has 2 aliphatic rings. The van der Waals surface area contributed by atoms with Crippen LogP contribution in [0.5, 0.6) is 0 Å². The molecule has 0 heterocycles. The Hall–Kier alpha value is -0.961. The third-order valence-corrected chi connectivity index (χ3v) is 2.84. The Kier molecular flexibility index (Phi) is 9.24. The molecule has 0 aliphatic heterocycles. The van der Waals surface area contributed by atoms with E-state index in [1.807, 2.05) is 69.2 Å². The number of benzene rings is 1. The molecule has 2 saturated carbocycles. The van der Waals surface area contributed by atoms with Gasteiger partial charge in [-0.2, -0.15) is 0 Å². The van der Waals surface area contributed by atoms with E-state index in [0.29, 0.717) is 0 Å². The molecule has 0 nitrogen and oxygen atoms in total. The molecule has 0 amide bonds. The third-order valence-electron chi connectivity index (χ3n) is 2.84. The van der Waals surface area contributed by atoms with Gasteiger partial charge < -0.3 is 0 Å². The standard InChI is InChI=1S/C15H11.C5H5.Fe/c1-2-8-15(14-11-6-7-12-14)13-9-4-3-5-10-13;1-2-4-5-3-1;/h1,3-12H;1-5H;/q;;+2/b15-8+;;. The maximum atomic E-state index is 5.35. The minimum atomic E-state index is 0. The molecule has 1 aromatic rings. The summed E-state index contributed by atoms with van der Waals surface area (Å²) in [6.45, 7) is 0. The van der Waals surface area contributed by atoms with Gasteiger partial charge in [0.05, 0.1) is 0 Å². The van der Waals surface area contributed by atoms with Crippen molar-refractivity contribution in [1.29, 1.82) is 0 Å². The minimum Gasteiger partial charge on any atom is -0.115 e. The zero-order chi connectivity index (χ0) is 14.0. The van der Waals surface area contributed by atoms with Crippen molar-refractivity contribution in [2.75, 3.05) is 0 Å². The van der Waals surface area contributed by atoms with Gasteiger partial charge in [0.25, 0.3) is 0 Å². The Labute approximate surface area is 140 Å². The summed E-state index contributed by atoms with van der Waals surface area (Å²) in [5.74, 6) is 3.76. The molecule has 10 radical (unpaired) electrons. The van der Waals surface area contributed by atoms with Gasteiger partial charge in [-0.3, -0.25) is 0 Å². The molecule has 0 aromatic heterocycles. The second kappa shape index (κ2) is 10.7. The zero-order valence-corrected chi connectivity index (χ0v) is 12.7. The fourth-order valence-electron chi connectivity index (χ4n) is 1.91. The van der Waals surface area contributed by atoms with Crippen molar-refractivity contribution in [2.24, 2.45) is 0 Å². The van der Waals surface area contributed by atoms with Crippen LogP contribution in [0.15, 0.2) is 36.4 Å². The van der Waals surface area contributed by atoms with Crippen LogP contribution in [0.2, 0.25) is 0 Å². The van der Waals surface area contributed by atoms with Crippen LogP contribution in [-0.2, 0) is 17.1 Å². The second-order valence-electron chi connectivity index (χ2n) is 4.23. The van der Waals surface area contributed by atoms with Gasteiger partial charge in [0.15, 0.2) is 0 Å². The summed E-state index contributed by atoms with van der Waals surface area (Å²) in [6, 6.07) is 10.2. The molecule has 2 aliphatic carbocycles. The first-order chi connectivity index (χ1) is 9.92. The first kappa shape index (κ1) is 18.1. The molecule has 0 atom stereocenters. The number of hydrogen-bond donors (Lipinski definition) is 0. The summed E-state index contributed by atoms with van der Waals surface area (Å²) in [5.41, 5.74) is 2.25. The quantitative estimate of drug-likeness (QED) is 0.569. The van der Waals surface area contributed by atoms with Gasteiger partial charge in [0.1, 0.15) is 0 Å². The summed E-state index contributed by atoms with van der Waals surface area (Å²) in [5, 5.41) is 0. The van der Waals surface area contributed by atoms with Gasteiger partial charge >= 0.3 is 17.1 Å². The molecule has 0 unspecified atom stereocenters. The largest absolute Gasteiger partial charge is 2.00 e. The number of rotatable bonds is 2. The van der Waals surface area contributed by atoms with E-state index >= 15 is 0 Å². The number of terminal acetylenes is 1. The SMILES string of the molecule is C#C/C=C(/[C]1[CH][CH][CH][CH]1)c1ccccc1.[CH]1[CH][CH][CH][CH]1.[Fe+2]. The summed E-state index contributed by atoms with van der Waals surface area (Å²) in [7, 11) is 0. The monoisotopic (exact) mass is 312 g/mol. The molecule has 1 heteroatoms. The van der Waals surface area contributed by atoms with Crippen molar-refractivity contribution in [3.8, 4) is 12.3 Å². The topological polar surface area (TPSA) is 0 Å². The zero-order valence-electron chi connectivity index (χ0n) is 11.6. The maximum absolute atomic E-state index is 5.35. The first-order valence-electron chi connectivity index (χ1n) is 6.52. The first-order valence-corrected chi connectivity index (χ1v) is 6.52. The van der Waals surface area contributed by atoms with E-state index in [-0.39, 0.29) is 17.1 Å². The average molecular weight is 312 g/mol. The number of hydrogen-bond acceptors (Lipinski definition) is 0. The minimum absolute atomic E-state index is 0. The van der Waals surface area contributed by atoms with E-state index in [1.165, 1.54) is 5.92 Å². The normalized spacial score (nSPS) is 18.3. The molecule has 102 valence electrons. The van der Waals surface area contributed by atoms with Crippen LogP contribution < -0.4 is 0 Å². The van der Waals surface area contributed by atoms with Crippen LogP contribution in [0.1, 0.15) is 5.56 Å². The molecule has 0 N–H and O–H groups in total. The van der Waals surface area contributed by atoms with Gasteiger partial charge in [-0.25, -0.2) is 0 Å². The summed E-state index contributed by atoms with van der Waals surface area (Å²) in [4.78, 5) is 0. The Morgan fingerprint density at radius 1 is 0.810 bits per heavy atom. The molecule has 1 aromatic carbocycles. The van der Waals surface area contributed by atoms with Gasteiger partial charge in [-0.05, 0) is 75.0 Å². The van der Waals surface area contributed by atoms with Gasteiger partial charge in [-0.1, -0.05) is 36.3 Å². The smallest absolute Gasteiger partial charge is 0.115 e. The molecule has 2 fully saturated rings. The molecule has 0 spiro atoms. The van der Waals surface area contributed by atoms with E-state index in [9.17, 15) is 0 Å². The fourth-order valence-corrected chi connectivity index (χ4v) is 1.91. The van der Waals surface area contributed by atoms with E-state index in [2.05, 4.69) is 30.9 Å². The number of allylic oxidation sites excluding steroid dienone is 2. The fraction of sp³-hybridized carbons (Fsp3) is 0. The Morgan fingerprint density at radius 2 is 1.33 bits per heavy atom. The van der Waals surface area contributed by atoms with Crippen LogP contribution in [-0.4, -0.2) is 0 Å². The van der Waals surface area contributed by atoms with Crippen molar-refractivity contribution in [3.05, 3.63) is 106 Å². The van der Waals surface area contributed by atoms with Crippen molar-refractivity contribution >= 4 is 5.57 Å². The second-order valence-corrected chi connectivity index (χ2v) is 4.23. The van der Waals surface area contributed by atoms with Crippen molar-refractivity contribution in [3.63, 3.8) is 0 Å². The Balaban J connectivity index is 0.000000313. The molecule has 21 heavy (non-hydrogen) atoms. The molecular formula is C20H16Fe+2. The summed E-state index contributed by atoms with van der Waals surface area (Å²) < 4.78 is 0. The Bertz CT molecular complexity index is 435. The van der Waals surface area contributed by atoms with Gasteiger partial charge in [-0.15, -0.1) is 6.42 Å². The van der Waals surface area contributed by atoms with Crippen LogP contribution in [0.3, 0.4) is 0 Å². The Morgan fingerprint density at radius 3 is 1.81 bits per heavy atom. The average Bonchev–Trinajstić information content (AvgIpc) is 3.21. The van der Waals surface area contributed by atoms with E-state index in [4.69, 9.17) is 6.42 Å².